The summed E-state index contributed by atoms with van der Waals surface area (Å²) in [5.74, 6) is 1.86. The molecule has 0 aliphatic carbocycles. The second kappa shape index (κ2) is 6.77. The zero-order chi connectivity index (χ0) is 15.5. The fraction of sp³-hybridized carbons (Fsp3) is 0.875. The topological polar surface area (TPSA) is 51.4 Å². The van der Waals surface area contributed by atoms with Crippen LogP contribution < -0.4 is 4.90 Å². The average Bonchev–Trinajstić information content (AvgIpc) is 2.88. The molecule has 5 nitrogen and oxygen atoms in total. The van der Waals surface area contributed by atoms with Gasteiger partial charge in [0.05, 0.1) is 5.60 Å². The molecule has 21 heavy (non-hydrogen) atoms. The number of rotatable bonds is 5. The molecule has 5 heteroatoms. The van der Waals surface area contributed by atoms with Gasteiger partial charge in [0.25, 0.3) is 0 Å². The first-order valence-electron chi connectivity index (χ1n) is 8.07. The van der Waals surface area contributed by atoms with Crippen molar-refractivity contribution in [2.45, 2.75) is 65.4 Å². The highest BCUT2D eigenvalue weighted by Gasteiger charge is 2.23. The van der Waals surface area contributed by atoms with Gasteiger partial charge in [-0.15, -0.1) is 0 Å². The maximum Gasteiger partial charge on any atom is 0.324 e. The van der Waals surface area contributed by atoms with E-state index < -0.39 is 0 Å². The number of hydrogen-bond acceptors (Lipinski definition) is 5. The molecule has 1 aliphatic heterocycles. The van der Waals surface area contributed by atoms with Gasteiger partial charge in [-0.25, -0.2) is 0 Å². The van der Waals surface area contributed by atoms with Gasteiger partial charge in [0.1, 0.15) is 0 Å². The molecule has 1 aromatic heterocycles. The van der Waals surface area contributed by atoms with Gasteiger partial charge in [0.2, 0.25) is 0 Å². The van der Waals surface area contributed by atoms with Crippen LogP contribution in [0.25, 0.3) is 0 Å². The summed E-state index contributed by atoms with van der Waals surface area (Å²) < 4.78 is 11.2. The van der Waals surface area contributed by atoms with E-state index in [2.05, 4.69) is 49.7 Å². The van der Waals surface area contributed by atoms with Crippen LogP contribution in [0.15, 0.2) is 4.52 Å². The van der Waals surface area contributed by atoms with Gasteiger partial charge in [0.15, 0.2) is 5.82 Å². The van der Waals surface area contributed by atoms with Gasteiger partial charge in [-0.3, -0.25) is 0 Å². The highest BCUT2D eigenvalue weighted by molar-refractivity contribution is 5.26. The lowest BCUT2D eigenvalue weighted by Crippen LogP contribution is -2.34. The summed E-state index contributed by atoms with van der Waals surface area (Å²) in [6, 6.07) is 0.683. The Kier molecular flexibility index (Phi) is 5.25. The number of aromatic nitrogens is 2. The molecule has 1 fully saturated rings. The molecule has 0 radical (unpaired) electrons. The van der Waals surface area contributed by atoms with Crippen molar-refractivity contribution < 1.29 is 9.26 Å². The largest absolute Gasteiger partial charge is 0.376 e. The smallest absolute Gasteiger partial charge is 0.324 e. The van der Waals surface area contributed by atoms with Crippen LogP contribution in [0.2, 0.25) is 0 Å². The van der Waals surface area contributed by atoms with Crippen molar-refractivity contribution in [2.24, 2.45) is 5.92 Å². The zero-order valence-electron chi connectivity index (χ0n) is 14.1. The van der Waals surface area contributed by atoms with Gasteiger partial charge >= 0.3 is 6.01 Å². The van der Waals surface area contributed by atoms with Crippen molar-refractivity contribution in [3.63, 3.8) is 0 Å². The first kappa shape index (κ1) is 16.3. The SMILES string of the molecule is CC(C)c1noc(N2CCC(CCOC(C)(C)C)CC2)n1. The molecule has 0 amide bonds. The predicted molar refractivity (Wildman–Crippen MR) is 83.6 cm³/mol. The van der Waals surface area contributed by atoms with Gasteiger partial charge < -0.3 is 14.2 Å². The monoisotopic (exact) mass is 295 g/mol. The predicted octanol–water partition coefficient (Wildman–Crippen LogP) is 3.61. The molecule has 0 unspecified atom stereocenters. The van der Waals surface area contributed by atoms with E-state index in [-0.39, 0.29) is 5.60 Å². The van der Waals surface area contributed by atoms with E-state index in [1.807, 2.05) is 0 Å². The maximum absolute atomic E-state index is 5.82. The third kappa shape index (κ3) is 4.99. The minimum atomic E-state index is -0.0301. The first-order valence-corrected chi connectivity index (χ1v) is 8.07. The summed E-state index contributed by atoms with van der Waals surface area (Å²) in [4.78, 5) is 6.68. The quantitative estimate of drug-likeness (QED) is 0.830. The lowest BCUT2D eigenvalue weighted by molar-refractivity contribution is -0.0103. The van der Waals surface area contributed by atoms with Crippen LogP contribution >= 0.6 is 0 Å². The highest BCUT2D eigenvalue weighted by atomic mass is 16.5. The summed E-state index contributed by atoms with van der Waals surface area (Å²) in [6.45, 7) is 13.3. The summed E-state index contributed by atoms with van der Waals surface area (Å²) in [5, 5.41) is 4.04. The van der Waals surface area contributed by atoms with Crippen molar-refractivity contribution in [1.82, 2.24) is 10.1 Å². The van der Waals surface area contributed by atoms with Crippen molar-refractivity contribution in [1.29, 1.82) is 0 Å². The maximum atomic E-state index is 5.82. The van der Waals surface area contributed by atoms with Crippen molar-refractivity contribution in [3.05, 3.63) is 5.82 Å². The fourth-order valence-electron chi connectivity index (χ4n) is 2.53. The Morgan fingerprint density at radius 3 is 2.48 bits per heavy atom. The van der Waals surface area contributed by atoms with Crippen LogP contribution in [0.4, 0.5) is 6.01 Å². The zero-order valence-corrected chi connectivity index (χ0v) is 14.1. The molecule has 0 aromatic carbocycles. The Hall–Kier alpha value is -1.10. The van der Waals surface area contributed by atoms with Gasteiger partial charge in [0, 0.05) is 25.6 Å². The number of nitrogens with zero attached hydrogens (tertiary/aromatic N) is 3. The Morgan fingerprint density at radius 2 is 1.95 bits per heavy atom. The number of hydrogen-bond donors (Lipinski definition) is 0. The van der Waals surface area contributed by atoms with Crippen LogP contribution in [-0.4, -0.2) is 35.4 Å². The minimum absolute atomic E-state index is 0.0301. The van der Waals surface area contributed by atoms with Crippen molar-refractivity contribution in [2.75, 3.05) is 24.6 Å². The van der Waals surface area contributed by atoms with E-state index in [9.17, 15) is 0 Å². The van der Waals surface area contributed by atoms with Crippen molar-refractivity contribution in [3.8, 4) is 0 Å². The molecule has 2 heterocycles. The Bertz CT molecular complexity index is 429. The van der Waals surface area contributed by atoms with Gasteiger partial charge in [-0.1, -0.05) is 19.0 Å². The first-order chi connectivity index (χ1) is 9.85. The summed E-state index contributed by atoms with van der Waals surface area (Å²) in [6.07, 6.45) is 3.49. The van der Waals surface area contributed by atoms with Gasteiger partial charge in [-0.2, -0.15) is 4.98 Å². The lowest BCUT2D eigenvalue weighted by Gasteiger charge is -2.31. The molecule has 1 saturated heterocycles. The molecule has 0 atom stereocenters. The van der Waals surface area contributed by atoms with E-state index in [0.29, 0.717) is 11.9 Å². The lowest BCUT2D eigenvalue weighted by atomic mass is 9.94. The highest BCUT2D eigenvalue weighted by Crippen LogP contribution is 2.25. The average molecular weight is 295 g/mol. The van der Waals surface area contributed by atoms with Crippen LogP contribution in [0, 0.1) is 5.92 Å². The second-order valence-electron chi connectivity index (χ2n) is 7.27. The second-order valence-corrected chi connectivity index (χ2v) is 7.27. The normalized spacial score (nSPS) is 17.7. The van der Waals surface area contributed by atoms with Crippen LogP contribution in [-0.2, 0) is 4.74 Å². The molecule has 1 aromatic rings. The molecule has 1 aliphatic rings. The summed E-state index contributed by atoms with van der Waals surface area (Å²) in [5.41, 5.74) is -0.0301. The fourth-order valence-corrected chi connectivity index (χ4v) is 2.53. The van der Waals surface area contributed by atoms with E-state index in [1.165, 1.54) is 12.8 Å². The van der Waals surface area contributed by atoms with Gasteiger partial charge in [-0.05, 0) is 46.0 Å². The number of ether oxygens (including phenoxy) is 1. The van der Waals surface area contributed by atoms with E-state index in [0.717, 1.165) is 37.9 Å². The molecular formula is C16H29N3O2. The number of piperidine rings is 1. The summed E-state index contributed by atoms with van der Waals surface area (Å²) in [7, 11) is 0. The van der Waals surface area contributed by atoms with E-state index in [4.69, 9.17) is 9.26 Å². The molecule has 0 saturated carbocycles. The minimum Gasteiger partial charge on any atom is -0.376 e. The number of anilines is 1. The van der Waals surface area contributed by atoms with E-state index in [1.54, 1.807) is 0 Å². The third-order valence-corrected chi connectivity index (χ3v) is 3.89. The standard InChI is InChI=1S/C16H29N3O2/c1-12(2)14-17-15(21-18-14)19-9-6-13(7-10-19)8-11-20-16(3,4)5/h12-13H,6-11H2,1-5H3. The molecule has 0 bridgehead atoms. The third-order valence-electron chi connectivity index (χ3n) is 3.89. The van der Waals surface area contributed by atoms with Crippen LogP contribution in [0.1, 0.15) is 65.6 Å². The molecule has 0 spiro atoms. The van der Waals surface area contributed by atoms with Crippen LogP contribution in [0.5, 0.6) is 0 Å². The Labute approximate surface area is 128 Å². The Balaban J connectivity index is 1.75. The van der Waals surface area contributed by atoms with E-state index >= 15 is 0 Å². The summed E-state index contributed by atoms with van der Waals surface area (Å²) >= 11 is 0. The molecule has 120 valence electrons. The van der Waals surface area contributed by atoms with Crippen molar-refractivity contribution >= 4 is 6.01 Å². The molecule has 2 rings (SSSR count). The molecular weight excluding hydrogens is 266 g/mol. The molecule has 0 N–H and O–H groups in total. The van der Waals surface area contributed by atoms with Crippen LogP contribution in [0.3, 0.4) is 0 Å². The Morgan fingerprint density at radius 1 is 1.29 bits per heavy atom.